The number of sulfonamides is 1. The molecular weight excluding hydrogens is 601 g/mol. The predicted molar refractivity (Wildman–Crippen MR) is 155 cm³/mol. The van der Waals surface area contributed by atoms with E-state index >= 15 is 0 Å². The number of aromatic amines is 1. The van der Waals surface area contributed by atoms with Crippen molar-refractivity contribution in [3.8, 4) is 5.75 Å². The third-order valence-corrected chi connectivity index (χ3v) is 12.6. The molecule has 7 rings (SSSR count). The van der Waals surface area contributed by atoms with Gasteiger partial charge in [-0.1, -0.05) is 23.5 Å². The fourth-order valence-electron chi connectivity index (χ4n) is 7.49. The first-order valence-electron chi connectivity index (χ1n) is 13.4. The topological polar surface area (TPSA) is 169 Å². The first-order chi connectivity index (χ1) is 20.0. The Kier molecular flexibility index (Phi) is 6.38. The summed E-state index contributed by atoms with van der Waals surface area (Å²) in [6.07, 6.45) is 0.747. The molecule has 218 valence electrons. The number of benzene rings is 2. The number of rotatable bonds is 6. The van der Waals surface area contributed by atoms with Gasteiger partial charge in [-0.15, -0.1) is 11.8 Å². The van der Waals surface area contributed by atoms with E-state index in [9.17, 15) is 27.6 Å². The van der Waals surface area contributed by atoms with Gasteiger partial charge < -0.3 is 15.0 Å². The second-order valence-electron chi connectivity index (χ2n) is 11.1. The lowest BCUT2D eigenvalue weighted by molar-refractivity contribution is -0.143. The van der Waals surface area contributed by atoms with Crippen molar-refractivity contribution in [2.24, 2.45) is 34.7 Å². The van der Waals surface area contributed by atoms with Crippen molar-refractivity contribution in [1.29, 1.82) is 0 Å². The number of imide groups is 1. The number of ether oxygens (including phenoxy) is 1. The number of nitrogens with zero attached hydrogens (tertiary/aromatic N) is 1. The molecule has 4 N–H and O–H groups in total. The first kappa shape index (κ1) is 27.4. The number of aromatic nitrogens is 1. The van der Waals surface area contributed by atoms with E-state index in [1.807, 2.05) is 24.3 Å². The van der Waals surface area contributed by atoms with Gasteiger partial charge >= 0.3 is 4.87 Å². The Hall–Kier alpha value is -3.46. The van der Waals surface area contributed by atoms with Gasteiger partial charge in [-0.25, -0.2) is 13.6 Å². The van der Waals surface area contributed by atoms with E-state index in [0.29, 0.717) is 5.69 Å². The van der Waals surface area contributed by atoms with Gasteiger partial charge in [0.2, 0.25) is 27.7 Å². The van der Waals surface area contributed by atoms with Crippen LogP contribution in [0.2, 0.25) is 0 Å². The van der Waals surface area contributed by atoms with Crippen LogP contribution in [-0.2, 0) is 24.4 Å². The van der Waals surface area contributed by atoms with Gasteiger partial charge in [0.05, 0.1) is 28.9 Å². The number of anilines is 1. The largest absolute Gasteiger partial charge is 0.497 e. The number of fused-ring (bicyclic) bond motifs is 9. The number of thioether (sulfide) groups is 1. The highest BCUT2D eigenvalue weighted by molar-refractivity contribution is 8.00. The number of carbonyl (C=O) groups is 3. The van der Waals surface area contributed by atoms with E-state index in [4.69, 9.17) is 9.88 Å². The second kappa shape index (κ2) is 9.79. The lowest BCUT2D eigenvalue weighted by Gasteiger charge is -2.43. The summed E-state index contributed by atoms with van der Waals surface area (Å²) in [5.41, 5.74) is 1.35. The summed E-state index contributed by atoms with van der Waals surface area (Å²) in [6, 6.07) is 13.1. The van der Waals surface area contributed by atoms with Crippen molar-refractivity contribution in [2.45, 2.75) is 27.5 Å². The van der Waals surface area contributed by atoms with E-state index < -0.39 is 34.3 Å². The average Bonchev–Trinajstić information content (AvgIpc) is 3.69. The van der Waals surface area contributed by atoms with E-state index in [0.717, 1.165) is 32.5 Å². The standard InChI is InChI=1S/C28H26N4O7S3/c1-39-14-6-2-12(3-7-14)19-20-16-10-17(23(20)40-25-24(19)41-28(36)31-25)22-21(16)26(34)32(27(22)35)11-18(33)30-13-4-8-15(9-5-13)42(29,37)38/h2-9,16-17,19-23H,10-11H2,1H3,(H,30,33)(H,31,36)(H2,29,37,38). The minimum Gasteiger partial charge on any atom is -0.497 e. The third kappa shape index (κ3) is 4.22. The Morgan fingerprint density at radius 1 is 1.05 bits per heavy atom. The Morgan fingerprint density at radius 3 is 2.36 bits per heavy atom. The van der Waals surface area contributed by atoms with Crippen LogP contribution in [0.15, 0.2) is 63.2 Å². The number of nitrogens with one attached hydrogen (secondary N) is 2. The SMILES string of the molecule is COc1ccc(C2c3sc(=O)[nH]c3SC3C4CC(C5C(=O)N(CC(=O)Nc6ccc(S(N)(=O)=O)cc6)C(=O)C45)C23)cc1. The molecule has 2 aromatic carbocycles. The molecule has 3 fully saturated rings. The van der Waals surface area contributed by atoms with Crippen LogP contribution < -0.4 is 20.1 Å². The molecule has 42 heavy (non-hydrogen) atoms. The molecular formula is C28H26N4O7S3. The van der Waals surface area contributed by atoms with Crippen LogP contribution >= 0.6 is 23.1 Å². The van der Waals surface area contributed by atoms with Crippen LogP contribution in [0.25, 0.3) is 0 Å². The van der Waals surface area contributed by atoms with Crippen LogP contribution in [0.3, 0.4) is 0 Å². The first-order valence-corrected chi connectivity index (χ1v) is 16.6. The van der Waals surface area contributed by atoms with Gasteiger partial charge in [0.15, 0.2) is 0 Å². The van der Waals surface area contributed by atoms with Crippen LogP contribution in [0.1, 0.15) is 22.8 Å². The maximum Gasteiger partial charge on any atom is 0.305 e. The summed E-state index contributed by atoms with van der Waals surface area (Å²) in [5, 5.41) is 8.63. The fraction of sp³-hybridized carbons (Fsp3) is 0.357. The van der Waals surface area contributed by atoms with Crippen LogP contribution in [0.5, 0.6) is 5.75 Å². The summed E-state index contributed by atoms with van der Waals surface area (Å²) in [5.74, 6) is -1.67. The number of amides is 3. The van der Waals surface area contributed by atoms with Gasteiger partial charge in [-0.2, -0.15) is 0 Å². The molecule has 0 spiro atoms. The number of likely N-dealkylation sites (tertiary alicyclic amines) is 1. The minimum atomic E-state index is -3.88. The summed E-state index contributed by atoms with van der Waals surface area (Å²) in [7, 11) is -2.27. The molecule has 11 nitrogen and oxygen atoms in total. The molecule has 2 bridgehead atoms. The molecule has 7 unspecified atom stereocenters. The average molecular weight is 627 g/mol. The zero-order chi connectivity index (χ0) is 29.5. The zero-order valence-corrected chi connectivity index (χ0v) is 24.6. The van der Waals surface area contributed by atoms with Crippen LogP contribution in [0.4, 0.5) is 5.69 Å². The molecule has 4 aliphatic rings. The molecule has 1 saturated heterocycles. The molecule has 3 aromatic rings. The van der Waals surface area contributed by atoms with E-state index in [1.165, 1.54) is 35.6 Å². The number of carbonyl (C=O) groups excluding carboxylic acids is 3. The molecule has 3 heterocycles. The molecule has 2 saturated carbocycles. The van der Waals surface area contributed by atoms with Gasteiger partial charge in [0.1, 0.15) is 12.3 Å². The van der Waals surface area contributed by atoms with Crippen LogP contribution in [-0.4, -0.2) is 54.9 Å². The van der Waals surface area contributed by atoms with Gasteiger partial charge in [-0.05, 0) is 66.1 Å². The summed E-state index contributed by atoms with van der Waals surface area (Å²) in [6.45, 7) is -0.425. The summed E-state index contributed by atoms with van der Waals surface area (Å²) >= 11 is 2.81. The van der Waals surface area contributed by atoms with E-state index in [2.05, 4.69) is 10.3 Å². The Balaban J connectivity index is 1.14. The Bertz CT molecular complexity index is 1780. The highest BCUT2D eigenvalue weighted by atomic mass is 32.2. The fourth-order valence-corrected chi connectivity index (χ4v) is 10.9. The molecule has 2 aliphatic carbocycles. The molecule has 3 amide bonds. The number of methoxy groups -OCH3 is 1. The van der Waals surface area contributed by atoms with E-state index in [1.54, 1.807) is 18.9 Å². The highest BCUT2D eigenvalue weighted by Gasteiger charge is 2.69. The third-order valence-electron chi connectivity index (χ3n) is 9.06. The maximum absolute atomic E-state index is 13.7. The molecule has 2 aliphatic heterocycles. The number of primary sulfonamides is 1. The van der Waals surface area contributed by atoms with Gasteiger partial charge in [0, 0.05) is 21.7 Å². The highest BCUT2D eigenvalue weighted by Crippen LogP contribution is 2.68. The number of thiazole rings is 1. The van der Waals surface area contributed by atoms with Crippen molar-refractivity contribution in [3.63, 3.8) is 0 Å². The predicted octanol–water partition coefficient (Wildman–Crippen LogP) is 2.20. The van der Waals surface area contributed by atoms with Crippen molar-refractivity contribution >= 4 is 56.5 Å². The molecule has 0 radical (unpaired) electrons. The quantitative estimate of drug-likeness (QED) is 0.350. The van der Waals surface area contributed by atoms with Crippen molar-refractivity contribution in [2.75, 3.05) is 19.0 Å². The molecule has 14 heteroatoms. The van der Waals surface area contributed by atoms with Crippen molar-refractivity contribution in [3.05, 3.63) is 68.6 Å². The number of H-pyrrole nitrogens is 1. The lowest BCUT2D eigenvalue weighted by atomic mass is 9.68. The minimum absolute atomic E-state index is 0.0453. The second-order valence-corrected chi connectivity index (χ2v) is 14.9. The number of hydrogen-bond donors (Lipinski definition) is 3. The Labute approximate surface area is 248 Å². The monoisotopic (exact) mass is 626 g/mol. The number of hydrogen-bond acceptors (Lipinski definition) is 9. The normalized spacial score (nSPS) is 29.3. The number of nitrogens with two attached hydrogens (primary N) is 1. The Morgan fingerprint density at radius 2 is 1.71 bits per heavy atom. The summed E-state index contributed by atoms with van der Waals surface area (Å²) in [4.78, 5) is 57.5. The van der Waals surface area contributed by atoms with Gasteiger partial charge in [0.25, 0.3) is 0 Å². The molecule has 1 aromatic heterocycles. The van der Waals surface area contributed by atoms with Crippen molar-refractivity contribution in [1.82, 2.24) is 9.88 Å². The van der Waals surface area contributed by atoms with Crippen LogP contribution in [0, 0.1) is 29.6 Å². The maximum atomic E-state index is 13.7. The zero-order valence-electron chi connectivity index (χ0n) is 22.2. The summed E-state index contributed by atoms with van der Waals surface area (Å²) < 4.78 is 28.3. The van der Waals surface area contributed by atoms with Crippen molar-refractivity contribution < 1.29 is 27.5 Å². The smallest absolute Gasteiger partial charge is 0.305 e. The van der Waals surface area contributed by atoms with E-state index in [-0.39, 0.29) is 50.5 Å². The lowest BCUT2D eigenvalue weighted by Crippen LogP contribution is -2.42. The molecule has 7 atom stereocenters. The van der Waals surface area contributed by atoms with Gasteiger partial charge in [-0.3, -0.25) is 24.1 Å².